The molecule has 0 aliphatic carbocycles. The first-order valence-electron chi connectivity index (χ1n) is 8.77. The number of imidazole rings is 1. The fourth-order valence-corrected chi connectivity index (χ4v) is 3.05. The molecule has 0 unspecified atom stereocenters. The molecule has 2 rings (SSSR count). The van der Waals surface area contributed by atoms with Gasteiger partial charge < -0.3 is 9.47 Å². The van der Waals surface area contributed by atoms with Crippen LogP contribution in [0.5, 0.6) is 0 Å². The average Bonchev–Trinajstić information content (AvgIpc) is 2.92. The van der Waals surface area contributed by atoms with E-state index in [-0.39, 0.29) is 5.41 Å². The van der Waals surface area contributed by atoms with Crippen molar-refractivity contribution in [3.05, 3.63) is 18.2 Å². The lowest BCUT2D eigenvalue weighted by Gasteiger charge is -2.36. The van der Waals surface area contributed by atoms with Gasteiger partial charge in [-0.05, 0) is 5.41 Å². The normalized spacial score (nSPS) is 17.0. The second kappa shape index (κ2) is 7.47. The van der Waals surface area contributed by atoms with Gasteiger partial charge in [0.1, 0.15) is 5.82 Å². The molecular formula is C18H32N4O. The highest BCUT2D eigenvalue weighted by Crippen LogP contribution is 2.20. The fourth-order valence-electron chi connectivity index (χ4n) is 3.05. The van der Waals surface area contributed by atoms with Crippen LogP contribution in [0.3, 0.4) is 0 Å². The Morgan fingerprint density at radius 2 is 1.83 bits per heavy atom. The summed E-state index contributed by atoms with van der Waals surface area (Å²) in [5.41, 5.74) is 0.0723. The van der Waals surface area contributed by atoms with Gasteiger partial charge in [-0.25, -0.2) is 4.98 Å². The summed E-state index contributed by atoms with van der Waals surface area (Å²) in [6.07, 6.45) is 4.59. The second-order valence-electron chi connectivity index (χ2n) is 8.09. The zero-order chi connectivity index (χ0) is 17.0. The molecule has 1 amide bonds. The van der Waals surface area contributed by atoms with E-state index in [9.17, 15) is 4.79 Å². The molecule has 0 aromatic carbocycles. The summed E-state index contributed by atoms with van der Waals surface area (Å²) < 4.78 is 2.25. The van der Waals surface area contributed by atoms with E-state index < -0.39 is 0 Å². The van der Waals surface area contributed by atoms with Crippen molar-refractivity contribution in [1.29, 1.82) is 0 Å². The van der Waals surface area contributed by atoms with Crippen molar-refractivity contribution in [2.45, 2.75) is 53.5 Å². The Kier molecular flexibility index (Phi) is 5.84. The second-order valence-corrected chi connectivity index (χ2v) is 8.09. The molecule has 0 spiro atoms. The molecule has 1 aliphatic rings. The van der Waals surface area contributed by atoms with Crippen molar-refractivity contribution in [1.82, 2.24) is 19.4 Å². The van der Waals surface area contributed by atoms with Crippen molar-refractivity contribution < 1.29 is 4.79 Å². The maximum Gasteiger partial charge on any atom is 0.223 e. The lowest BCUT2D eigenvalue weighted by molar-refractivity contribution is -0.134. The van der Waals surface area contributed by atoms with Crippen LogP contribution in [-0.4, -0.2) is 58.0 Å². The first kappa shape index (κ1) is 18.0. The minimum absolute atomic E-state index is 0.0723. The van der Waals surface area contributed by atoms with Crippen LogP contribution < -0.4 is 0 Å². The number of nitrogens with zero attached hydrogens (tertiary/aromatic N) is 4. The lowest BCUT2D eigenvalue weighted by atomic mass is 9.91. The first-order chi connectivity index (χ1) is 10.8. The molecule has 0 saturated carbocycles. The van der Waals surface area contributed by atoms with Gasteiger partial charge in [0.15, 0.2) is 0 Å². The maximum atomic E-state index is 12.3. The molecule has 23 heavy (non-hydrogen) atoms. The minimum Gasteiger partial charge on any atom is -0.340 e. The van der Waals surface area contributed by atoms with E-state index in [1.165, 1.54) is 0 Å². The molecule has 0 radical (unpaired) electrons. The Morgan fingerprint density at radius 1 is 1.17 bits per heavy atom. The number of hydrogen-bond donors (Lipinski definition) is 0. The summed E-state index contributed by atoms with van der Waals surface area (Å²) in [6, 6.07) is 0. The smallest absolute Gasteiger partial charge is 0.223 e. The third-order valence-corrected chi connectivity index (χ3v) is 4.33. The molecule has 2 heterocycles. The average molecular weight is 320 g/mol. The molecule has 1 aromatic rings. The molecule has 5 heteroatoms. The minimum atomic E-state index is 0.0723. The number of aromatic nitrogens is 2. The summed E-state index contributed by atoms with van der Waals surface area (Å²) >= 11 is 0. The van der Waals surface area contributed by atoms with Crippen LogP contribution in [0.2, 0.25) is 0 Å². The largest absolute Gasteiger partial charge is 0.340 e. The molecule has 1 aliphatic heterocycles. The third-order valence-electron chi connectivity index (χ3n) is 4.33. The van der Waals surface area contributed by atoms with Gasteiger partial charge in [-0.3, -0.25) is 9.69 Å². The van der Waals surface area contributed by atoms with E-state index in [0.717, 1.165) is 45.1 Å². The first-order valence-corrected chi connectivity index (χ1v) is 8.77. The summed E-state index contributed by atoms with van der Waals surface area (Å²) in [6.45, 7) is 16.4. The SMILES string of the molecule is CC(C)c1nccn1CCN1CCN(C(=O)CC(C)(C)C)CC1. The van der Waals surface area contributed by atoms with Crippen LogP contribution in [0.25, 0.3) is 0 Å². The highest BCUT2D eigenvalue weighted by atomic mass is 16.2. The Bertz CT molecular complexity index is 507. The van der Waals surface area contributed by atoms with Crippen molar-refractivity contribution >= 4 is 5.91 Å². The Morgan fingerprint density at radius 3 is 2.39 bits per heavy atom. The predicted octanol–water partition coefficient (Wildman–Crippen LogP) is 2.59. The van der Waals surface area contributed by atoms with Gasteiger partial charge in [0.2, 0.25) is 5.91 Å². The Balaban J connectivity index is 1.77. The predicted molar refractivity (Wildman–Crippen MR) is 93.4 cm³/mol. The molecule has 5 nitrogen and oxygen atoms in total. The number of carbonyl (C=O) groups excluding carboxylic acids is 1. The van der Waals surface area contributed by atoms with E-state index >= 15 is 0 Å². The molecule has 0 atom stereocenters. The summed E-state index contributed by atoms with van der Waals surface area (Å²) in [7, 11) is 0. The monoisotopic (exact) mass is 320 g/mol. The number of piperazine rings is 1. The van der Waals surface area contributed by atoms with Crippen LogP contribution in [0.4, 0.5) is 0 Å². The van der Waals surface area contributed by atoms with E-state index in [0.29, 0.717) is 18.2 Å². The maximum absolute atomic E-state index is 12.3. The molecule has 1 fully saturated rings. The topological polar surface area (TPSA) is 41.4 Å². The van der Waals surface area contributed by atoms with Crippen LogP contribution in [0.15, 0.2) is 12.4 Å². The molecule has 1 saturated heterocycles. The van der Waals surface area contributed by atoms with Crippen molar-refractivity contribution in [3.63, 3.8) is 0 Å². The molecule has 0 N–H and O–H groups in total. The van der Waals surface area contributed by atoms with Gasteiger partial charge in [0, 0.05) is 64.0 Å². The standard InChI is InChI=1S/C18H32N4O/c1-15(2)17-19-6-7-22(17)13-10-20-8-11-21(12-9-20)16(23)14-18(3,4)5/h6-7,15H,8-14H2,1-5H3. The van der Waals surface area contributed by atoms with Gasteiger partial charge in [0.05, 0.1) is 0 Å². The number of carbonyl (C=O) groups is 1. The van der Waals surface area contributed by atoms with Crippen LogP contribution >= 0.6 is 0 Å². The van der Waals surface area contributed by atoms with Gasteiger partial charge in [-0.2, -0.15) is 0 Å². The van der Waals surface area contributed by atoms with Gasteiger partial charge >= 0.3 is 0 Å². The van der Waals surface area contributed by atoms with E-state index in [2.05, 4.69) is 55.3 Å². The van der Waals surface area contributed by atoms with Crippen molar-refractivity contribution in [2.75, 3.05) is 32.7 Å². The fraction of sp³-hybridized carbons (Fsp3) is 0.778. The summed E-state index contributed by atoms with van der Waals surface area (Å²) in [4.78, 5) is 21.2. The molecule has 130 valence electrons. The van der Waals surface area contributed by atoms with E-state index in [1.807, 2.05) is 11.1 Å². The quantitative estimate of drug-likeness (QED) is 0.837. The summed E-state index contributed by atoms with van der Waals surface area (Å²) in [5.74, 6) is 1.91. The van der Waals surface area contributed by atoms with E-state index in [4.69, 9.17) is 0 Å². The number of amides is 1. The van der Waals surface area contributed by atoms with Crippen molar-refractivity contribution in [2.24, 2.45) is 5.41 Å². The summed E-state index contributed by atoms with van der Waals surface area (Å²) in [5, 5.41) is 0. The molecule has 0 bridgehead atoms. The lowest BCUT2D eigenvalue weighted by Crippen LogP contribution is -2.49. The zero-order valence-electron chi connectivity index (χ0n) is 15.4. The third kappa shape index (κ3) is 5.34. The Labute approximate surface area is 140 Å². The number of rotatable bonds is 5. The number of hydrogen-bond acceptors (Lipinski definition) is 3. The highest BCUT2D eigenvalue weighted by molar-refractivity contribution is 5.76. The van der Waals surface area contributed by atoms with Crippen LogP contribution in [0.1, 0.15) is 52.8 Å². The van der Waals surface area contributed by atoms with Gasteiger partial charge in [-0.15, -0.1) is 0 Å². The molecular weight excluding hydrogens is 288 g/mol. The van der Waals surface area contributed by atoms with Crippen molar-refractivity contribution in [3.8, 4) is 0 Å². The zero-order valence-corrected chi connectivity index (χ0v) is 15.4. The van der Waals surface area contributed by atoms with E-state index in [1.54, 1.807) is 0 Å². The highest BCUT2D eigenvalue weighted by Gasteiger charge is 2.24. The van der Waals surface area contributed by atoms with Gasteiger partial charge in [0.25, 0.3) is 0 Å². The van der Waals surface area contributed by atoms with Crippen LogP contribution in [0, 0.1) is 5.41 Å². The Hall–Kier alpha value is -1.36. The van der Waals surface area contributed by atoms with Crippen LogP contribution in [-0.2, 0) is 11.3 Å². The molecule has 1 aromatic heterocycles. The van der Waals surface area contributed by atoms with Gasteiger partial charge in [-0.1, -0.05) is 34.6 Å².